The van der Waals surface area contributed by atoms with Crippen LogP contribution in [-0.2, 0) is 11.4 Å². The standard InChI is InChI=1S/C23H16ClN3O4/c24-19-3-1-2-17(13-19)15-31-22-10-4-16(5-11-22)12-18(14-25)23(28)26-20-6-8-21(9-7-20)27(29)30/h1-13H,15H2,(H,26,28)/b18-12+. The molecular formula is C23H16ClN3O4. The predicted octanol–water partition coefficient (Wildman–Crippen LogP) is 5.37. The van der Waals surface area contributed by atoms with Crippen molar-refractivity contribution in [1.82, 2.24) is 0 Å². The molecule has 8 heteroatoms. The molecular weight excluding hydrogens is 418 g/mol. The van der Waals surface area contributed by atoms with E-state index in [4.69, 9.17) is 16.3 Å². The number of nitro groups is 1. The first kappa shape index (κ1) is 21.6. The van der Waals surface area contributed by atoms with Crippen LogP contribution in [0.5, 0.6) is 5.75 Å². The second kappa shape index (κ2) is 10.1. The Kier molecular flexibility index (Phi) is 6.99. The molecule has 3 aromatic carbocycles. The maximum Gasteiger partial charge on any atom is 0.269 e. The van der Waals surface area contributed by atoms with Crippen LogP contribution in [0.2, 0.25) is 5.02 Å². The van der Waals surface area contributed by atoms with Crippen molar-refractivity contribution in [1.29, 1.82) is 5.26 Å². The van der Waals surface area contributed by atoms with Gasteiger partial charge in [-0.05, 0) is 53.6 Å². The molecule has 0 saturated heterocycles. The summed E-state index contributed by atoms with van der Waals surface area (Å²) in [7, 11) is 0. The van der Waals surface area contributed by atoms with Crippen LogP contribution in [0.3, 0.4) is 0 Å². The summed E-state index contributed by atoms with van der Waals surface area (Å²) in [5.41, 5.74) is 1.73. The number of anilines is 1. The van der Waals surface area contributed by atoms with Crippen molar-refractivity contribution in [3.8, 4) is 11.8 Å². The van der Waals surface area contributed by atoms with Crippen molar-refractivity contribution in [3.63, 3.8) is 0 Å². The fourth-order valence-corrected chi connectivity index (χ4v) is 2.85. The number of carbonyl (C=O) groups is 1. The molecule has 0 radical (unpaired) electrons. The Labute approximate surface area is 183 Å². The minimum absolute atomic E-state index is 0.0910. The van der Waals surface area contributed by atoms with E-state index in [0.717, 1.165) is 5.56 Å². The lowest BCUT2D eigenvalue weighted by atomic mass is 10.1. The van der Waals surface area contributed by atoms with E-state index in [1.165, 1.54) is 30.3 Å². The van der Waals surface area contributed by atoms with Gasteiger partial charge in [-0.15, -0.1) is 0 Å². The van der Waals surface area contributed by atoms with Gasteiger partial charge in [-0.2, -0.15) is 5.26 Å². The van der Waals surface area contributed by atoms with Gasteiger partial charge in [0.25, 0.3) is 11.6 Å². The molecule has 0 unspecified atom stereocenters. The van der Waals surface area contributed by atoms with Gasteiger partial charge in [0, 0.05) is 22.8 Å². The number of carbonyl (C=O) groups excluding carboxylic acids is 1. The molecule has 0 bridgehead atoms. The molecule has 0 aliphatic rings. The molecule has 0 aromatic heterocycles. The summed E-state index contributed by atoms with van der Waals surface area (Å²) in [4.78, 5) is 22.5. The first-order chi connectivity index (χ1) is 14.9. The first-order valence-corrected chi connectivity index (χ1v) is 9.47. The van der Waals surface area contributed by atoms with E-state index >= 15 is 0 Å². The van der Waals surface area contributed by atoms with Crippen molar-refractivity contribution in [2.75, 3.05) is 5.32 Å². The van der Waals surface area contributed by atoms with Crippen LogP contribution in [0, 0.1) is 21.4 Å². The number of nitriles is 1. The van der Waals surface area contributed by atoms with E-state index in [1.807, 2.05) is 24.3 Å². The molecule has 31 heavy (non-hydrogen) atoms. The van der Waals surface area contributed by atoms with Gasteiger partial charge in [0.2, 0.25) is 0 Å². The second-order valence-electron chi connectivity index (χ2n) is 6.42. The molecule has 0 atom stereocenters. The lowest BCUT2D eigenvalue weighted by Gasteiger charge is -2.07. The van der Waals surface area contributed by atoms with Crippen LogP contribution in [-0.4, -0.2) is 10.8 Å². The summed E-state index contributed by atoms with van der Waals surface area (Å²) in [6.07, 6.45) is 1.45. The van der Waals surface area contributed by atoms with Crippen molar-refractivity contribution in [2.45, 2.75) is 6.61 Å². The Balaban J connectivity index is 1.63. The van der Waals surface area contributed by atoms with Crippen molar-refractivity contribution < 1.29 is 14.5 Å². The summed E-state index contributed by atoms with van der Waals surface area (Å²) in [6.45, 7) is 0.358. The van der Waals surface area contributed by atoms with Crippen LogP contribution in [0.15, 0.2) is 78.4 Å². The van der Waals surface area contributed by atoms with E-state index in [9.17, 15) is 20.2 Å². The highest BCUT2D eigenvalue weighted by molar-refractivity contribution is 6.30. The predicted molar refractivity (Wildman–Crippen MR) is 118 cm³/mol. The number of nitro benzene ring substituents is 1. The highest BCUT2D eigenvalue weighted by atomic mass is 35.5. The average molecular weight is 434 g/mol. The molecule has 0 aliphatic carbocycles. The fraction of sp³-hybridized carbons (Fsp3) is 0.0435. The number of benzene rings is 3. The monoisotopic (exact) mass is 433 g/mol. The molecule has 154 valence electrons. The van der Waals surface area contributed by atoms with Gasteiger partial charge in [0.05, 0.1) is 4.92 Å². The Hall–Kier alpha value is -4.15. The summed E-state index contributed by atoms with van der Waals surface area (Å²) < 4.78 is 5.71. The van der Waals surface area contributed by atoms with Gasteiger partial charge in [0.1, 0.15) is 24.0 Å². The average Bonchev–Trinajstić information content (AvgIpc) is 2.77. The summed E-state index contributed by atoms with van der Waals surface area (Å²) >= 11 is 5.96. The Bertz CT molecular complexity index is 1170. The highest BCUT2D eigenvalue weighted by Gasteiger charge is 2.11. The van der Waals surface area contributed by atoms with Gasteiger partial charge >= 0.3 is 0 Å². The summed E-state index contributed by atoms with van der Waals surface area (Å²) in [5.74, 6) is 0.0172. The van der Waals surface area contributed by atoms with Crippen LogP contribution in [0.4, 0.5) is 11.4 Å². The van der Waals surface area contributed by atoms with Gasteiger partial charge < -0.3 is 10.1 Å². The van der Waals surface area contributed by atoms with Gasteiger partial charge in [0.15, 0.2) is 0 Å². The third kappa shape index (κ3) is 6.16. The van der Waals surface area contributed by atoms with Crippen molar-refractivity contribution in [3.05, 3.63) is 105 Å². The van der Waals surface area contributed by atoms with E-state index in [2.05, 4.69) is 5.32 Å². The zero-order valence-electron chi connectivity index (χ0n) is 16.1. The molecule has 1 amide bonds. The van der Waals surface area contributed by atoms with Crippen LogP contribution < -0.4 is 10.1 Å². The minimum atomic E-state index is -0.613. The SMILES string of the molecule is N#C/C(=C\c1ccc(OCc2cccc(Cl)c2)cc1)C(=O)Nc1ccc([N+](=O)[O-])cc1. The van der Waals surface area contributed by atoms with Crippen LogP contribution in [0.1, 0.15) is 11.1 Å². The maximum absolute atomic E-state index is 12.3. The van der Waals surface area contributed by atoms with Crippen LogP contribution in [0.25, 0.3) is 6.08 Å². The van der Waals surface area contributed by atoms with Gasteiger partial charge in [-0.1, -0.05) is 35.9 Å². The normalized spacial score (nSPS) is 10.8. The zero-order valence-corrected chi connectivity index (χ0v) is 16.9. The van der Waals surface area contributed by atoms with Gasteiger partial charge in [-0.3, -0.25) is 14.9 Å². The van der Waals surface area contributed by atoms with Crippen molar-refractivity contribution >= 4 is 35.0 Å². The summed E-state index contributed by atoms with van der Waals surface area (Å²) in [6, 6.07) is 21.5. The molecule has 3 aromatic rings. The number of hydrogen-bond donors (Lipinski definition) is 1. The number of hydrogen-bond acceptors (Lipinski definition) is 5. The van der Waals surface area contributed by atoms with Gasteiger partial charge in [-0.25, -0.2) is 0 Å². The fourth-order valence-electron chi connectivity index (χ4n) is 2.63. The third-order valence-corrected chi connectivity index (χ3v) is 4.42. The molecule has 0 aliphatic heterocycles. The molecule has 0 saturated carbocycles. The molecule has 7 nitrogen and oxygen atoms in total. The Morgan fingerprint density at radius 1 is 1.13 bits per heavy atom. The van der Waals surface area contributed by atoms with E-state index in [1.54, 1.807) is 30.3 Å². The number of halogens is 1. The third-order valence-electron chi connectivity index (χ3n) is 4.19. The smallest absolute Gasteiger partial charge is 0.269 e. The maximum atomic E-state index is 12.3. The van der Waals surface area contributed by atoms with Crippen molar-refractivity contribution in [2.24, 2.45) is 0 Å². The van der Waals surface area contributed by atoms with E-state index in [0.29, 0.717) is 28.6 Å². The quantitative estimate of drug-likeness (QED) is 0.233. The Morgan fingerprint density at radius 3 is 2.45 bits per heavy atom. The largest absolute Gasteiger partial charge is 0.489 e. The number of nitrogens with one attached hydrogen (secondary N) is 1. The molecule has 0 spiro atoms. The lowest BCUT2D eigenvalue weighted by molar-refractivity contribution is -0.384. The van der Waals surface area contributed by atoms with Crippen LogP contribution >= 0.6 is 11.6 Å². The topological polar surface area (TPSA) is 105 Å². The number of nitrogens with zero attached hydrogens (tertiary/aromatic N) is 2. The zero-order chi connectivity index (χ0) is 22.2. The molecule has 0 fully saturated rings. The summed E-state index contributed by atoms with van der Waals surface area (Å²) in [5, 5.41) is 23.2. The Morgan fingerprint density at radius 2 is 1.84 bits per heavy atom. The molecule has 1 N–H and O–H groups in total. The number of non-ortho nitro benzene ring substituents is 1. The first-order valence-electron chi connectivity index (χ1n) is 9.09. The second-order valence-corrected chi connectivity index (χ2v) is 6.85. The number of ether oxygens (including phenoxy) is 1. The van der Waals surface area contributed by atoms with E-state index < -0.39 is 10.8 Å². The molecule has 3 rings (SSSR count). The minimum Gasteiger partial charge on any atom is -0.489 e. The molecule has 0 heterocycles. The lowest BCUT2D eigenvalue weighted by Crippen LogP contribution is -2.13. The number of rotatable bonds is 7. The number of amides is 1. The highest BCUT2D eigenvalue weighted by Crippen LogP contribution is 2.19. The van der Waals surface area contributed by atoms with E-state index in [-0.39, 0.29) is 11.3 Å².